The fraction of sp³-hybridized carbons (Fsp3) is 0.417. The molecule has 1 unspecified atom stereocenters. The maximum Gasteiger partial charge on any atom is 0.396 e. The van der Waals surface area contributed by atoms with Gasteiger partial charge in [-0.1, -0.05) is 11.3 Å². The molecule has 0 aliphatic heterocycles. The Hall–Kier alpha value is -1.33. The first-order valence-corrected chi connectivity index (χ1v) is 6.37. The minimum atomic E-state index is -0.345. The van der Waals surface area contributed by atoms with Crippen molar-refractivity contribution in [3.05, 3.63) is 27.4 Å². The predicted octanol–water partition coefficient (Wildman–Crippen LogP) is 1.94. The van der Waals surface area contributed by atoms with Gasteiger partial charge in [-0.3, -0.25) is 0 Å². The van der Waals surface area contributed by atoms with Crippen molar-refractivity contribution in [3.8, 4) is 5.75 Å². The fourth-order valence-electron chi connectivity index (χ4n) is 2.41. The summed E-state index contributed by atoms with van der Waals surface area (Å²) in [5, 5.41) is 10.0. The molecule has 2 aromatic rings. The highest BCUT2D eigenvalue weighted by Crippen LogP contribution is 2.53. The van der Waals surface area contributed by atoms with Crippen molar-refractivity contribution in [1.29, 1.82) is 0 Å². The molecule has 3 rings (SSSR count). The SMILES string of the molecule is CC(N)C1(c2cc3oc(=O)sc3cc2O)CC1. The zero-order valence-electron chi connectivity index (χ0n) is 9.40. The third-order valence-electron chi connectivity index (χ3n) is 3.65. The van der Waals surface area contributed by atoms with Gasteiger partial charge in [0.2, 0.25) is 0 Å². The number of rotatable bonds is 2. The largest absolute Gasteiger partial charge is 0.508 e. The van der Waals surface area contributed by atoms with E-state index in [4.69, 9.17) is 10.2 Å². The molecule has 3 N–H and O–H groups in total. The van der Waals surface area contributed by atoms with Crippen molar-refractivity contribution in [2.75, 3.05) is 0 Å². The quantitative estimate of drug-likeness (QED) is 0.855. The summed E-state index contributed by atoms with van der Waals surface area (Å²) in [6, 6.07) is 3.35. The topological polar surface area (TPSA) is 76.5 Å². The molecule has 0 saturated heterocycles. The molecule has 0 bridgehead atoms. The Balaban J connectivity index is 2.23. The number of benzene rings is 1. The van der Waals surface area contributed by atoms with Crippen LogP contribution in [0.1, 0.15) is 25.3 Å². The maximum absolute atomic E-state index is 11.2. The third kappa shape index (κ3) is 1.50. The zero-order valence-corrected chi connectivity index (χ0v) is 10.2. The van der Waals surface area contributed by atoms with E-state index < -0.39 is 0 Å². The molecule has 5 heteroatoms. The summed E-state index contributed by atoms with van der Waals surface area (Å²) in [6.45, 7) is 1.94. The number of nitrogens with two attached hydrogens (primary N) is 1. The van der Waals surface area contributed by atoms with E-state index in [-0.39, 0.29) is 22.1 Å². The predicted molar refractivity (Wildman–Crippen MR) is 66.6 cm³/mol. The number of hydrogen-bond acceptors (Lipinski definition) is 5. The van der Waals surface area contributed by atoms with Gasteiger partial charge in [0.15, 0.2) is 0 Å². The summed E-state index contributed by atoms with van der Waals surface area (Å²) in [6.07, 6.45) is 1.94. The van der Waals surface area contributed by atoms with E-state index in [2.05, 4.69) is 0 Å². The summed E-state index contributed by atoms with van der Waals surface area (Å²) in [5.74, 6) is 0.212. The number of fused-ring (bicyclic) bond motifs is 1. The molecule has 17 heavy (non-hydrogen) atoms. The number of aromatic hydroxyl groups is 1. The first-order chi connectivity index (χ1) is 8.03. The molecular weight excluding hydrogens is 238 g/mol. The second-order valence-corrected chi connectivity index (χ2v) is 5.69. The Morgan fingerprint density at radius 3 is 2.82 bits per heavy atom. The van der Waals surface area contributed by atoms with Gasteiger partial charge in [-0.2, -0.15) is 0 Å². The first kappa shape index (κ1) is 10.8. The lowest BCUT2D eigenvalue weighted by Crippen LogP contribution is -2.31. The summed E-state index contributed by atoms with van der Waals surface area (Å²) < 4.78 is 5.75. The average molecular weight is 251 g/mol. The highest BCUT2D eigenvalue weighted by molar-refractivity contribution is 7.16. The van der Waals surface area contributed by atoms with Crippen LogP contribution < -0.4 is 10.7 Å². The van der Waals surface area contributed by atoms with Crippen LogP contribution in [-0.2, 0) is 5.41 Å². The molecule has 1 saturated carbocycles. The van der Waals surface area contributed by atoms with Gasteiger partial charge >= 0.3 is 4.94 Å². The molecule has 0 spiro atoms. The second kappa shape index (κ2) is 3.34. The van der Waals surface area contributed by atoms with Gasteiger partial charge in [0.25, 0.3) is 0 Å². The van der Waals surface area contributed by atoms with E-state index in [9.17, 15) is 9.90 Å². The molecule has 1 aromatic carbocycles. The van der Waals surface area contributed by atoms with Crippen LogP contribution in [0.3, 0.4) is 0 Å². The van der Waals surface area contributed by atoms with Gasteiger partial charge in [-0.25, -0.2) is 4.79 Å². The Kier molecular flexibility index (Phi) is 2.12. The van der Waals surface area contributed by atoms with E-state index in [0.29, 0.717) is 10.3 Å². The number of phenolic OH excluding ortho intramolecular Hbond substituents is 1. The molecule has 1 fully saturated rings. The summed E-state index contributed by atoms with van der Waals surface area (Å²) in [7, 11) is 0. The molecule has 0 radical (unpaired) electrons. The monoisotopic (exact) mass is 251 g/mol. The molecule has 90 valence electrons. The van der Waals surface area contributed by atoms with Crippen LogP contribution in [0.15, 0.2) is 21.3 Å². The van der Waals surface area contributed by atoms with E-state index in [1.807, 2.05) is 6.92 Å². The molecule has 1 atom stereocenters. The Morgan fingerprint density at radius 2 is 2.24 bits per heavy atom. The van der Waals surface area contributed by atoms with E-state index in [1.165, 1.54) is 0 Å². The summed E-state index contributed by atoms with van der Waals surface area (Å²) >= 11 is 1.00. The van der Waals surface area contributed by atoms with Crippen LogP contribution in [0.5, 0.6) is 5.75 Å². The molecule has 1 aromatic heterocycles. The lowest BCUT2D eigenvalue weighted by atomic mass is 9.89. The van der Waals surface area contributed by atoms with Gasteiger partial charge in [0.05, 0.1) is 4.70 Å². The van der Waals surface area contributed by atoms with Crippen molar-refractivity contribution in [2.45, 2.75) is 31.2 Å². The molecule has 0 amide bonds. The number of phenols is 1. The Labute approximate surface area is 102 Å². The minimum absolute atomic E-state index is 0.0174. The normalized spacial score (nSPS) is 19.4. The lowest BCUT2D eigenvalue weighted by Gasteiger charge is -2.20. The van der Waals surface area contributed by atoms with E-state index in [1.54, 1.807) is 12.1 Å². The summed E-state index contributed by atoms with van der Waals surface area (Å²) in [5.41, 5.74) is 7.19. The van der Waals surface area contributed by atoms with Crippen molar-refractivity contribution >= 4 is 21.6 Å². The molecule has 1 aliphatic rings. The zero-order chi connectivity index (χ0) is 12.2. The van der Waals surface area contributed by atoms with Crippen LogP contribution in [0.2, 0.25) is 0 Å². The van der Waals surface area contributed by atoms with Crippen molar-refractivity contribution < 1.29 is 9.52 Å². The fourth-order valence-corrected chi connectivity index (χ4v) is 3.10. The van der Waals surface area contributed by atoms with Crippen LogP contribution in [-0.4, -0.2) is 11.1 Å². The molecule has 4 nitrogen and oxygen atoms in total. The van der Waals surface area contributed by atoms with Crippen LogP contribution in [0.4, 0.5) is 0 Å². The smallest absolute Gasteiger partial charge is 0.396 e. The van der Waals surface area contributed by atoms with E-state index in [0.717, 1.165) is 29.7 Å². The van der Waals surface area contributed by atoms with Gasteiger partial charge in [0, 0.05) is 23.1 Å². The standard InChI is InChI=1S/C12H13NO3S/c1-6(13)12(2-3-12)7-4-9-10(5-8(7)14)17-11(15)16-9/h4-6,14H,2-3,13H2,1H3. The summed E-state index contributed by atoms with van der Waals surface area (Å²) in [4.78, 5) is 10.8. The second-order valence-electron chi connectivity index (χ2n) is 4.72. The highest BCUT2D eigenvalue weighted by Gasteiger charge is 2.49. The van der Waals surface area contributed by atoms with Crippen molar-refractivity contribution in [2.24, 2.45) is 5.73 Å². The minimum Gasteiger partial charge on any atom is -0.508 e. The maximum atomic E-state index is 11.2. The van der Waals surface area contributed by atoms with Crippen molar-refractivity contribution in [1.82, 2.24) is 0 Å². The lowest BCUT2D eigenvalue weighted by molar-refractivity contribution is 0.447. The average Bonchev–Trinajstić information content (AvgIpc) is 2.96. The van der Waals surface area contributed by atoms with Gasteiger partial charge in [0.1, 0.15) is 11.3 Å². The Morgan fingerprint density at radius 1 is 1.53 bits per heavy atom. The molecular formula is C12H13NO3S. The number of hydrogen-bond donors (Lipinski definition) is 2. The molecule has 1 heterocycles. The van der Waals surface area contributed by atoms with E-state index >= 15 is 0 Å². The van der Waals surface area contributed by atoms with Crippen LogP contribution >= 0.6 is 11.3 Å². The highest BCUT2D eigenvalue weighted by atomic mass is 32.1. The van der Waals surface area contributed by atoms with Gasteiger partial charge in [-0.15, -0.1) is 0 Å². The first-order valence-electron chi connectivity index (χ1n) is 5.56. The molecule has 1 aliphatic carbocycles. The van der Waals surface area contributed by atoms with Crippen molar-refractivity contribution in [3.63, 3.8) is 0 Å². The van der Waals surface area contributed by atoms with Crippen LogP contribution in [0, 0.1) is 0 Å². The van der Waals surface area contributed by atoms with Crippen LogP contribution in [0.25, 0.3) is 10.3 Å². The third-order valence-corrected chi connectivity index (χ3v) is 4.43. The Bertz CT molecular complexity index is 637. The van der Waals surface area contributed by atoms with Gasteiger partial charge < -0.3 is 15.3 Å². The van der Waals surface area contributed by atoms with Gasteiger partial charge in [-0.05, 0) is 25.8 Å².